The normalized spacial score (nSPS) is 12.9. The number of hydrogen-bond donors (Lipinski definition) is 2. The van der Waals surface area contributed by atoms with E-state index in [4.69, 9.17) is 15.2 Å². The van der Waals surface area contributed by atoms with Gasteiger partial charge in [-0.05, 0) is 39.0 Å². The van der Waals surface area contributed by atoms with Crippen LogP contribution in [0.2, 0.25) is 0 Å². The first-order valence-corrected chi connectivity index (χ1v) is 10.8. The first-order chi connectivity index (χ1) is 12.5. The molecular weight excluding hydrogens is 328 g/mol. The third-order valence-corrected chi connectivity index (χ3v) is 4.86. The molecule has 156 valence electrons. The second kappa shape index (κ2) is 16.4. The SMILES string of the molecule is CCCCCCCCC(CCCNC(N)=O)C(C)(OCCC)OCCC. The number of hydrogen-bond acceptors (Lipinski definition) is 3. The molecule has 0 saturated carbocycles. The van der Waals surface area contributed by atoms with Crippen LogP contribution in [0.5, 0.6) is 0 Å². The minimum Gasteiger partial charge on any atom is -0.352 e. The number of ether oxygens (including phenoxy) is 2. The molecule has 5 nitrogen and oxygen atoms in total. The topological polar surface area (TPSA) is 73.6 Å². The van der Waals surface area contributed by atoms with Gasteiger partial charge in [0.2, 0.25) is 0 Å². The van der Waals surface area contributed by atoms with E-state index in [-0.39, 0.29) is 0 Å². The molecule has 0 fully saturated rings. The Morgan fingerprint density at radius 3 is 1.96 bits per heavy atom. The molecule has 0 rings (SSSR count). The molecule has 1 unspecified atom stereocenters. The molecule has 0 aliphatic rings. The largest absolute Gasteiger partial charge is 0.352 e. The summed E-state index contributed by atoms with van der Waals surface area (Å²) in [6.07, 6.45) is 12.7. The molecule has 0 bridgehead atoms. The first kappa shape index (κ1) is 25.2. The van der Waals surface area contributed by atoms with Crippen LogP contribution in [0.3, 0.4) is 0 Å². The molecule has 0 aromatic carbocycles. The van der Waals surface area contributed by atoms with Crippen LogP contribution in [0.25, 0.3) is 0 Å². The number of primary amides is 1. The Morgan fingerprint density at radius 1 is 0.885 bits per heavy atom. The van der Waals surface area contributed by atoms with Crippen LogP contribution in [0.15, 0.2) is 0 Å². The molecule has 26 heavy (non-hydrogen) atoms. The zero-order valence-corrected chi connectivity index (χ0v) is 17.8. The molecule has 0 aromatic rings. The van der Waals surface area contributed by atoms with Crippen LogP contribution in [0.1, 0.15) is 98.3 Å². The van der Waals surface area contributed by atoms with Gasteiger partial charge in [0.15, 0.2) is 5.79 Å². The van der Waals surface area contributed by atoms with Crippen LogP contribution >= 0.6 is 0 Å². The van der Waals surface area contributed by atoms with Gasteiger partial charge < -0.3 is 20.5 Å². The first-order valence-electron chi connectivity index (χ1n) is 10.8. The maximum absolute atomic E-state index is 10.9. The zero-order valence-electron chi connectivity index (χ0n) is 17.8. The molecule has 0 aliphatic carbocycles. The predicted octanol–water partition coefficient (Wildman–Crippen LogP) is 5.37. The number of amides is 2. The van der Waals surface area contributed by atoms with E-state index < -0.39 is 11.8 Å². The lowest BCUT2D eigenvalue weighted by Crippen LogP contribution is -2.42. The predicted molar refractivity (Wildman–Crippen MR) is 109 cm³/mol. The van der Waals surface area contributed by atoms with E-state index in [1.807, 2.05) is 0 Å². The highest BCUT2D eigenvalue weighted by molar-refractivity contribution is 5.71. The molecule has 5 heteroatoms. The average Bonchev–Trinajstić information content (AvgIpc) is 2.62. The van der Waals surface area contributed by atoms with Gasteiger partial charge in [0, 0.05) is 25.7 Å². The fourth-order valence-electron chi connectivity index (χ4n) is 3.29. The monoisotopic (exact) mass is 372 g/mol. The number of unbranched alkanes of at least 4 members (excludes halogenated alkanes) is 5. The van der Waals surface area contributed by atoms with E-state index in [2.05, 4.69) is 33.0 Å². The molecule has 0 aliphatic heterocycles. The summed E-state index contributed by atoms with van der Waals surface area (Å²) >= 11 is 0. The summed E-state index contributed by atoms with van der Waals surface area (Å²) in [7, 11) is 0. The van der Waals surface area contributed by atoms with E-state index in [1.165, 1.54) is 38.5 Å². The second-order valence-electron chi connectivity index (χ2n) is 7.40. The van der Waals surface area contributed by atoms with Crippen molar-refractivity contribution in [3.8, 4) is 0 Å². The number of rotatable bonds is 18. The molecular formula is C21H44N2O3. The van der Waals surface area contributed by atoms with Crippen LogP contribution in [-0.2, 0) is 9.47 Å². The fraction of sp³-hybridized carbons (Fsp3) is 0.952. The molecule has 0 aromatic heterocycles. The Morgan fingerprint density at radius 2 is 1.42 bits per heavy atom. The van der Waals surface area contributed by atoms with Gasteiger partial charge in [-0.3, -0.25) is 0 Å². The van der Waals surface area contributed by atoms with Gasteiger partial charge in [0.25, 0.3) is 0 Å². The number of urea groups is 1. The smallest absolute Gasteiger partial charge is 0.312 e. The summed E-state index contributed by atoms with van der Waals surface area (Å²) in [5.74, 6) is -0.205. The van der Waals surface area contributed by atoms with Gasteiger partial charge in [-0.1, -0.05) is 59.3 Å². The number of carbonyl (C=O) groups excluding carboxylic acids is 1. The molecule has 2 amide bonds. The lowest BCUT2D eigenvalue weighted by molar-refractivity contribution is -0.258. The Bertz CT molecular complexity index is 329. The quantitative estimate of drug-likeness (QED) is 0.251. The molecule has 0 radical (unpaired) electrons. The number of nitrogens with one attached hydrogen (secondary N) is 1. The summed E-state index contributed by atoms with van der Waals surface area (Å²) in [5.41, 5.74) is 5.17. The Balaban J connectivity index is 4.66. The van der Waals surface area contributed by atoms with Crippen molar-refractivity contribution in [1.82, 2.24) is 5.32 Å². The summed E-state index contributed by atoms with van der Waals surface area (Å²) in [6, 6.07) is -0.454. The number of carbonyl (C=O) groups is 1. The van der Waals surface area contributed by atoms with Gasteiger partial charge >= 0.3 is 6.03 Å². The van der Waals surface area contributed by atoms with Crippen molar-refractivity contribution in [3.63, 3.8) is 0 Å². The van der Waals surface area contributed by atoms with Gasteiger partial charge in [-0.2, -0.15) is 0 Å². The standard InChI is InChI=1S/C21H44N2O3/c1-5-8-9-10-11-12-14-19(15-13-16-23-20(22)24)21(4,25-17-6-2)26-18-7-3/h19H,5-18H2,1-4H3,(H3,22,23,24). The van der Waals surface area contributed by atoms with Crippen LogP contribution in [0, 0.1) is 5.92 Å². The molecule has 0 heterocycles. The average molecular weight is 373 g/mol. The highest BCUT2D eigenvalue weighted by atomic mass is 16.7. The van der Waals surface area contributed by atoms with Gasteiger partial charge in [0.1, 0.15) is 0 Å². The lowest BCUT2D eigenvalue weighted by Gasteiger charge is -2.38. The van der Waals surface area contributed by atoms with Gasteiger partial charge in [-0.15, -0.1) is 0 Å². The Kier molecular flexibility index (Phi) is 15.9. The maximum Gasteiger partial charge on any atom is 0.312 e. The third kappa shape index (κ3) is 12.5. The zero-order chi connectivity index (χ0) is 19.7. The van der Waals surface area contributed by atoms with Crippen molar-refractivity contribution in [1.29, 1.82) is 0 Å². The van der Waals surface area contributed by atoms with Crippen molar-refractivity contribution >= 4 is 6.03 Å². The van der Waals surface area contributed by atoms with E-state index in [0.29, 0.717) is 25.7 Å². The summed E-state index contributed by atoms with van der Waals surface area (Å²) < 4.78 is 12.4. The molecule has 3 N–H and O–H groups in total. The van der Waals surface area contributed by atoms with Crippen molar-refractivity contribution in [2.24, 2.45) is 11.7 Å². The maximum atomic E-state index is 10.9. The van der Waals surface area contributed by atoms with Gasteiger partial charge in [-0.25, -0.2) is 4.79 Å². The van der Waals surface area contributed by atoms with Crippen LogP contribution in [0.4, 0.5) is 4.79 Å². The minimum absolute atomic E-state index is 0.335. The van der Waals surface area contributed by atoms with E-state index in [9.17, 15) is 4.79 Å². The highest BCUT2D eigenvalue weighted by Gasteiger charge is 2.35. The Hall–Kier alpha value is -0.810. The molecule has 0 saturated heterocycles. The molecule has 0 spiro atoms. The van der Waals surface area contributed by atoms with Crippen LogP contribution in [-0.4, -0.2) is 31.6 Å². The van der Waals surface area contributed by atoms with E-state index >= 15 is 0 Å². The summed E-state index contributed by atoms with van der Waals surface area (Å²) in [4.78, 5) is 10.9. The summed E-state index contributed by atoms with van der Waals surface area (Å²) in [6.45, 7) is 10.6. The molecule has 1 atom stereocenters. The summed E-state index contributed by atoms with van der Waals surface area (Å²) in [5, 5.41) is 2.69. The van der Waals surface area contributed by atoms with Crippen molar-refractivity contribution < 1.29 is 14.3 Å². The second-order valence-corrected chi connectivity index (χ2v) is 7.40. The highest BCUT2D eigenvalue weighted by Crippen LogP contribution is 2.32. The van der Waals surface area contributed by atoms with Crippen molar-refractivity contribution in [2.45, 2.75) is 104 Å². The minimum atomic E-state index is -0.540. The van der Waals surface area contributed by atoms with Crippen molar-refractivity contribution in [3.05, 3.63) is 0 Å². The van der Waals surface area contributed by atoms with Crippen molar-refractivity contribution in [2.75, 3.05) is 19.8 Å². The van der Waals surface area contributed by atoms with Crippen LogP contribution < -0.4 is 11.1 Å². The number of nitrogens with two attached hydrogens (primary N) is 1. The van der Waals surface area contributed by atoms with E-state index in [1.54, 1.807) is 0 Å². The van der Waals surface area contributed by atoms with E-state index in [0.717, 1.165) is 32.1 Å². The fourth-order valence-corrected chi connectivity index (χ4v) is 3.29. The van der Waals surface area contributed by atoms with Gasteiger partial charge in [0.05, 0.1) is 0 Å². The third-order valence-electron chi connectivity index (χ3n) is 4.86. The Labute approximate surface area is 161 Å². The lowest BCUT2D eigenvalue weighted by atomic mass is 9.88.